The van der Waals surface area contributed by atoms with Gasteiger partial charge in [0.2, 0.25) is 10.0 Å². The summed E-state index contributed by atoms with van der Waals surface area (Å²) in [7, 11) is -4.62. The molecule has 25 heavy (non-hydrogen) atoms. The van der Waals surface area contributed by atoms with Gasteiger partial charge in [0.15, 0.2) is 0 Å². The minimum Gasteiger partial charge on any atom is -0.495 e. The average molecular weight is 449 g/mol. The van der Waals surface area contributed by atoms with Crippen molar-refractivity contribution >= 4 is 47.4 Å². The highest BCUT2D eigenvalue weighted by molar-refractivity contribution is 9.10. The monoisotopic (exact) mass is 448 g/mol. The summed E-state index contributed by atoms with van der Waals surface area (Å²) in [5.74, 6) is 0.195. The Hall–Kier alpha value is -1.78. The van der Waals surface area contributed by atoms with Crippen LogP contribution in [0.1, 0.15) is 0 Å². The summed E-state index contributed by atoms with van der Waals surface area (Å²) >= 11 is 3.23. The Morgan fingerprint density at radius 1 is 1.08 bits per heavy atom. The fourth-order valence-electron chi connectivity index (χ4n) is 2.03. The van der Waals surface area contributed by atoms with Gasteiger partial charge in [-0.15, -0.1) is 0 Å². The van der Waals surface area contributed by atoms with E-state index in [2.05, 4.69) is 20.7 Å². The topological polar surface area (TPSA) is 92.8 Å². The maximum atomic E-state index is 12.7. The Morgan fingerprint density at radius 3 is 2.36 bits per heavy atom. The molecule has 0 unspecified atom stereocenters. The van der Waals surface area contributed by atoms with Crippen molar-refractivity contribution in [2.24, 2.45) is 0 Å². The lowest BCUT2D eigenvalue weighted by Crippen LogP contribution is -2.25. The molecule has 0 bridgehead atoms. The summed E-state index contributed by atoms with van der Waals surface area (Å²) in [6.45, 7) is 0. The summed E-state index contributed by atoms with van der Waals surface area (Å²) in [4.78, 5) is -0.0359. The van der Waals surface area contributed by atoms with E-state index in [0.29, 0.717) is 10.2 Å². The standard InChI is InChI=1S/C15H17BrN2O5S2/c1-18(24(3,19)20)13-6-4-5-12(10-13)17-25(21,22)15-9-11(16)7-8-14(15)23-2/h4-10,17H,1-3H3. The van der Waals surface area contributed by atoms with Crippen molar-refractivity contribution < 1.29 is 21.6 Å². The minimum atomic E-state index is -3.93. The van der Waals surface area contributed by atoms with Crippen LogP contribution in [0.2, 0.25) is 0 Å². The SMILES string of the molecule is COc1ccc(Br)cc1S(=O)(=O)Nc1cccc(N(C)S(C)(=O)=O)c1. The van der Waals surface area contributed by atoms with Gasteiger partial charge < -0.3 is 4.74 Å². The minimum absolute atomic E-state index is 0.0359. The lowest BCUT2D eigenvalue weighted by atomic mass is 10.3. The molecule has 10 heteroatoms. The normalized spacial score (nSPS) is 11.8. The number of methoxy groups -OCH3 is 1. The van der Waals surface area contributed by atoms with Gasteiger partial charge in [-0.1, -0.05) is 22.0 Å². The molecule has 0 saturated carbocycles. The number of rotatable bonds is 6. The first-order valence-corrected chi connectivity index (χ1v) is 11.1. The van der Waals surface area contributed by atoms with E-state index in [1.807, 2.05) is 0 Å². The molecule has 0 aromatic heterocycles. The van der Waals surface area contributed by atoms with Crippen molar-refractivity contribution in [3.63, 3.8) is 0 Å². The van der Waals surface area contributed by atoms with Gasteiger partial charge in [0.05, 0.1) is 24.7 Å². The van der Waals surface area contributed by atoms with Gasteiger partial charge in [-0.3, -0.25) is 9.03 Å². The van der Waals surface area contributed by atoms with Gasteiger partial charge in [-0.25, -0.2) is 16.8 Å². The van der Waals surface area contributed by atoms with Crippen molar-refractivity contribution in [3.8, 4) is 5.75 Å². The molecule has 0 spiro atoms. The molecule has 0 atom stereocenters. The van der Waals surface area contributed by atoms with E-state index in [4.69, 9.17) is 4.74 Å². The summed E-state index contributed by atoms with van der Waals surface area (Å²) in [5.41, 5.74) is 0.568. The van der Waals surface area contributed by atoms with Crippen LogP contribution in [0.5, 0.6) is 5.75 Å². The zero-order chi connectivity index (χ0) is 18.8. The first-order valence-electron chi connectivity index (χ1n) is 6.95. The summed E-state index contributed by atoms with van der Waals surface area (Å²) in [5, 5.41) is 0. The molecule has 0 amide bonds. The molecule has 2 aromatic rings. The molecule has 0 heterocycles. The van der Waals surface area contributed by atoms with E-state index < -0.39 is 20.0 Å². The zero-order valence-corrected chi connectivity index (χ0v) is 16.9. The van der Waals surface area contributed by atoms with Gasteiger partial charge in [0.1, 0.15) is 10.6 Å². The highest BCUT2D eigenvalue weighted by Crippen LogP contribution is 2.29. The predicted molar refractivity (Wildman–Crippen MR) is 101 cm³/mol. The van der Waals surface area contributed by atoms with Crippen molar-refractivity contribution in [2.45, 2.75) is 4.90 Å². The lowest BCUT2D eigenvalue weighted by Gasteiger charge is -2.18. The van der Waals surface area contributed by atoms with E-state index in [1.54, 1.807) is 18.2 Å². The molecule has 1 N–H and O–H groups in total. The number of benzene rings is 2. The molecule has 0 fully saturated rings. The van der Waals surface area contributed by atoms with Crippen molar-refractivity contribution in [1.82, 2.24) is 0 Å². The van der Waals surface area contributed by atoms with Gasteiger partial charge in [0, 0.05) is 11.5 Å². The summed E-state index contributed by atoms with van der Waals surface area (Å²) in [6.07, 6.45) is 1.07. The summed E-state index contributed by atoms with van der Waals surface area (Å²) < 4.78 is 57.8. The number of halogens is 1. The zero-order valence-electron chi connectivity index (χ0n) is 13.7. The van der Waals surface area contributed by atoms with Gasteiger partial charge in [0.25, 0.3) is 10.0 Å². The van der Waals surface area contributed by atoms with Crippen LogP contribution < -0.4 is 13.8 Å². The second-order valence-electron chi connectivity index (χ2n) is 5.18. The van der Waals surface area contributed by atoms with E-state index in [1.165, 1.54) is 38.4 Å². The highest BCUT2D eigenvalue weighted by atomic mass is 79.9. The number of ether oxygens (including phenoxy) is 1. The fourth-order valence-corrected chi connectivity index (χ4v) is 4.28. The quantitative estimate of drug-likeness (QED) is 0.732. The predicted octanol–water partition coefficient (Wildman–Crippen LogP) is 2.65. The first kappa shape index (κ1) is 19.5. The van der Waals surface area contributed by atoms with Gasteiger partial charge in [-0.05, 0) is 36.4 Å². The molecule has 0 aliphatic carbocycles. The molecule has 0 saturated heterocycles. The molecule has 7 nitrogen and oxygen atoms in total. The number of anilines is 2. The number of nitrogens with one attached hydrogen (secondary N) is 1. The third kappa shape index (κ3) is 4.65. The lowest BCUT2D eigenvalue weighted by molar-refractivity contribution is 0.403. The van der Waals surface area contributed by atoms with Crippen LogP contribution in [0.4, 0.5) is 11.4 Å². The molecule has 2 rings (SSSR count). The Labute approximate surface area is 155 Å². The fraction of sp³-hybridized carbons (Fsp3) is 0.200. The number of hydrogen-bond acceptors (Lipinski definition) is 5. The third-order valence-electron chi connectivity index (χ3n) is 3.37. The smallest absolute Gasteiger partial charge is 0.265 e. The molecule has 0 radical (unpaired) electrons. The van der Waals surface area contributed by atoms with Crippen molar-refractivity contribution in [3.05, 3.63) is 46.9 Å². The van der Waals surface area contributed by atoms with Crippen LogP contribution in [0.3, 0.4) is 0 Å². The van der Waals surface area contributed by atoms with Gasteiger partial charge >= 0.3 is 0 Å². The summed E-state index contributed by atoms with van der Waals surface area (Å²) in [6, 6.07) is 10.7. The number of sulfonamides is 2. The van der Waals surface area contributed by atoms with E-state index in [9.17, 15) is 16.8 Å². The van der Waals surface area contributed by atoms with Crippen molar-refractivity contribution in [2.75, 3.05) is 29.4 Å². The van der Waals surface area contributed by atoms with Crippen LogP contribution in [0.25, 0.3) is 0 Å². The molecule has 0 aliphatic heterocycles. The second-order valence-corrected chi connectivity index (χ2v) is 9.76. The van der Waals surface area contributed by atoms with Crippen LogP contribution in [0.15, 0.2) is 51.8 Å². The highest BCUT2D eigenvalue weighted by Gasteiger charge is 2.21. The van der Waals surface area contributed by atoms with Gasteiger partial charge in [-0.2, -0.15) is 0 Å². The van der Waals surface area contributed by atoms with Crippen LogP contribution in [-0.4, -0.2) is 37.2 Å². The molecule has 2 aromatic carbocycles. The molecule has 0 aliphatic rings. The van der Waals surface area contributed by atoms with E-state index in [0.717, 1.165) is 10.6 Å². The number of hydrogen-bond donors (Lipinski definition) is 1. The van der Waals surface area contributed by atoms with Crippen molar-refractivity contribution in [1.29, 1.82) is 0 Å². The first-order chi connectivity index (χ1) is 11.5. The van der Waals surface area contributed by atoms with E-state index >= 15 is 0 Å². The number of nitrogens with zero attached hydrogens (tertiary/aromatic N) is 1. The Balaban J connectivity index is 2.41. The maximum absolute atomic E-state index is 12.7. The Morgan fingerprint density at radius 2 is 1.76 bits per heavy atom. The second kappa shape index (κ2) is 7.22. The average Bonchev–Trinajstić information content (AvgIpc) is 2.53. The van der Waals surface area contributed by atoms with Crippen LogP contribution in [-0.2, 0) is 20.0 Å². The molecular formula is C15H17BrN2O5S2. The maximum Gasteiger partial charge on any atom is 0.265 e. The largest absolute Gasteiger partial charge is 0.495 e. The molecule has 136 valence electrons. The Kier molecular flexibility index (Phi) is 5.65. The Bertz CT molecular complexity index is 991. The van der Waals surface area contributed by atoms with E-state index in [-0.39, 0.29) is 16.3 Å². The van der Waals surface area contributed by atoms with Crippen LogP contribution in [0, 0.1) is 0 Å². The molecular weight excluding hydrogens is 432 g/mol. The third-order valence-corrected chi connectivity index (χ3v) is 6.48. The van der Waals surface area contributed by atoms with Crippen LogP contribution >= 0.6 is 15.9 Å².